The average Bonchev–Trinajstić information content (AvgIpc) is 2.70. The summed E-state index contributed by atoms with van der Waals surface area (Å²) in [6.07, 6.45) is 1.28. The fourth-order valence-electron chi connectivity index (χ4n) is 4.35. The number of Topliss-reactive ketones (excluding diaryl/α,β-unsaturated/α-hetero) is 1. The molecule has 2 saturated heterocycles. The minimum atomic E-state index is -1.07. The molecule has 0 aromatic heterocycles. The van der Waals surface area contributed by atoms with E-state index >= 15 is 0 Å². The van der Waals surface area contributed by atoms with Crippen molar-refractivity contribution in [2.75, 3.05) is 20.3 Å². The van der Waals surface area contributed by atoms with Crippen molar-refractivity contribution in [2.45, 2.75) is 31.5 Å². The maximum absolute atomic E-state index is 13.9. The predicted octanol–water partition coefficient (Wildman–Crippen LogP) is 3.84. The minimum Gasteiger partial charge on any atom is -0.494 e. The zero-order valence-corrected chi connectivity index (χ0v) is 15.7. The lowest BCUT2D eigenvalue weighted by Gasteiger charge is -2.48. The Hall–Kier alpha value is -2.31. The van der Waals surface area contributed by atoms with Crippen LogP contribution in [0.3, 0.4) is 0 Å². The van der Waals surface area contributed by atoms with E-state index in [2.05, 4.69) is 17.0 Å². The van der Waals surface area contributed by atoms with E-state index in [4.69, 9.17) is 9.47 Å². The Bertz CT molecular complexity index is 844. The van der Waals surface area contributed by atoms with Gasteiger partial charge >= 0.3 is 0 Å². The third-order valence-corrected chi connectivity index (χ3v) is 5.75. The maximum Gasteiger partial charge on any atom is 0.200 e. The molecule has 2 aliphatic rings. The molecule has 28 heavy (non-hydrogen) atoms. The lowest BCUT2D eigenvalue weighted by atomic mass is 9.80. The lowest BCUT2D eigenvalue weighted by Crippen LogP contribution is -2.57. The monoisotopic (exact) mass is 387 g/mol. The van der Waals surface area contributed by atoms with Crippen molar-refractivity contribution in [3.8, 4) is 5.75 Å². The Morgan fingerprint density at radius 2 is 1.82 bits per heavy atom. The van der Waals surface area contributed by atoms with Gasteiger partial charge < -0.3 is 9.47 Å². The van der Waals surface area contributed by atoms with Gasteiger partial charge in [0.25, 0.3) is 0 Å². The van der Waals surface area contributed by atoms with E-state index in [9.17, 15) is 13.6 Å². The molecular formula is C22H23F2NO3. The quantitative estimate of drug-likeness (QED) is 0.731. The van der Waals surface area contributed by atoms with Gasteiger partial charge in [0.1, 0.15) is 0 Å². The topological polar surface area (TPSA) is 38.8 Å². The Kier molecular flexibility index (Phi) is 5.42. The van der Waals surface area contributed by atoms with E-state index in [1.807, 2.05) is 18.2 Å². The molecule has 2 atom stereocenters. The number of piperidine rings is 1. The summed E-state index contributed by atoms with van der Waals surface area (Å²) in [6, 6.07) is 12.8. The van der Waals surface area contributed by atoms with E-state index in [0.717, 1.165) is 12.6 Å². The second kappa shape index (κ2) is 7.97. The smallest absolute Gasteiger partial charge is 0.200 e. The van der Waals surface area contributed by atoms with Gasteiger partial charge in [0.2, 0.25) is 5.82 Å². The number of ether oxygens (including phenoxy) is 2. The highest BCUT2D eigenvalue weighted by Gasteiger charge is 2.41. The molecule has 0 spiro atoms. The molecule has 4 nitrogen and oxygen atoms in total. The van der Waals surface area contributed by atoms with Gasteiger partial charge in [0, 0.05) is 30.1 Å². The van der Waals surface area contributed by atoms with Crippen molar-refractivity contribution in [3.05, 3.63) is 65.2 Å². The van der Waals surface area contributed by atoms with Crippen LogP contribution in [0.15, 0.2) is 42.5 Å². The first-order chi connectivity index (χ1) is 13.6. The van der Waals surface area contributed by atoms with Crippen LogP contribution in [0, 0.1) is 17.6 Å². The van der Waals surface area contributed by atoms with Crippen LogP contribution in [0.25, 0.3) is 0 Å². The van der Waals surface area contributed by atoms with Gasteiger partial charge in [-0.05, 0) is 30.5 Å². The molecule has 148 valence electrons. The number of carbonyl (C=O) groups excluding carboxylic acids is 1. The number of morpholine rings is 1. The number of rotatable bonds is 5. The van der Waals surface area contributed by atoms with Crippen molar-refractivity contribution in [2.24, 2.45) is 5.92 Å². The second-order valence-corrected chi connectivity index (χ2v) is 7.51. The average molecular weight is 387 g/mol. The molecule has 2 aromatic rings. The zero-order valence-electron chi connectivity index (χ0n) is 15.7. The Morgan fingerprint density at radius 3 is 2.46 bits per heavy atom. The highest BCUT2D eigenvalue weighted by Crippen LogP contribution is 2.35. The maximum atomic E-state index is 13.9. The van der Waals surface area contributed by atoms with Gasteiger partial charge in [-0.1, -0.05) is 30.3 Å². The number of hydrogen-bond acceptors (Lipinski definition) is 4. The molecule has 6 heteroatoms. The van der Waals surface area contributed by atoms with Gasteiger partial charge in [-0.3, -0.25) is 9.69 Å². The first-order valence-corrected chi connectivity index (χ1v) is 9.51. The van der Waals surface area contributed by atoms with Crippen molar-refractivity contribution in [3.63, 3.8) is 0 Å². The highest BCUT2D eigenvalue weighted by atomic mass is 19.2. The zero-order chi connectivity index (χ0) is 19.7. The molecule has 0 radical (unpaired) electrons. The van der Waals surface area contributed by atoms with Crippen LogP contribution in [0.5, 0.6) is 5.75 Å². The standard InChI is InChI=1S/C22H23F2NO3/c1-27-20-10-16(9-19(23)21(20)24)22(26)15-7-17-12-28-13-18(8-15)25(17)11-14-5-3-2-4-6-14/h2-6,9-10,15,17-18H,7-8,11-13H2,1H3. The summed E-state index contributed by atoms with van der Waals surface area (Å²) in [4.78, 5) is 15.4. The number of fused-ring (bicyclic) bond motifs is 2. The molecule has 2 bridgehead atoms. The molecule has 0 amide bonds. The van der Waals surface area contributed by atoms with Crippen molar-refractivity contribution < 1.29 is 23.0 Å². The molecule has 2 unspecified atom stereocenters. The number of methoxy groups -OCH3 is 1. The Labute approximate surface area is 163 Å². The Balaban J connectivity index is 1.52. The molecule has 2 fully saturated rings. The first-order valence-electron chi connectivity index (χ1n) is 9.51. The minimum absolute atomic E-state index is 0.133. The summed E-state index contributed by atoms with van der Waals surface area (Å²) in [5.74, 6) is -2.77. The number of ketones is 1. The van der Waals surface area contributed by atoms with Crippen LogP contribution < -0.4 is 4.74 Å². The fraction of sp³-hybridized carbons (Fsp3) is 0.409. The molecule has 0 saturated carbocycles. The van der Waals surface area contributed by atoms with Crippen molar-refractivity contribution >= 4 is 5.78 Å². The van der Waals surface area contributed by atoms with Gasteiger partial charge in [0.15, 0.2) is 17.3 Å². The van der Waals surface area contributed by atoms with E-state index in [1.54, 1.807) is 0 Å². The van der Waals surface area contributed by atoms with Gasteiger partial charge in [0.05, 0.1) is 20.3 Å². The number of benzene rings is 2. The van der Waals surface area contributed by atoms with Crippen LogP contribution in [0.2, 0.25) is 0 Å². The second-order valence-electron chi connectivity index (χ2n) is 7.51. The first kappa shape index (κ1) is 19.0. The van der Waals surface area contributed by atoms with Crippen LogP contribution in [-0.4, -0.2) is 43.1 Å². The molecule has 0 N–H and O–H groups in total. The van der Waals surface area contributed by atoms with E-state index in [1.165, 1.54) is 18.7 Å². The van der Waals surface area contributed by atoms with Gasteiger partial charge in [-0.15, -0.1) is 0 Å². The summed E-state index contributed by atoms with van der Waals surface area (Å²) in [6.45, 7) is 1.97. The lowest BCUT2D eigenvalue weighted by molar-refractivity contribution is -0.0872. The van der Waals surface area contributed by atoms with E-state index in [0.29, 0.717) is 26.1 Å². The summed E-state index contributed by atoms with van der Waals surface area (Å²) in [5.41, 5.74) is 1.39. The van der Waals surface area contributed by atoms with Crippen LogP contribution in [-0.2, 0) is 11.3 Å². The van der Waals surface area contributed by atoms with Crippen LogP contribution in [0.1, 0.15) is 28.8 Å². The molecule has 0 aliphatic carbocycles. The molecule has 4 rings (SSSR count). The third kappa shape index (κ3) is 3.66. The normalized spacial score (nSPS) is 24.8. The summed E-state index contributed by atoms with van der Waals surface area (Å²) in [5, 5.41) is 0. The third-order valence-electron chi connectivity index (χ3n) is 5.75. The van der Waals surface area contributed by atoms with E-state index < -0.39 is 11.6 Å². The largest absolute Gasteiger partial charge is 0.494 e. The number of nitrogens with zero attached hydrogens (tertiary/aromatic N) is 1. The molecular weight excluding hydrogens is 364 g/mol. The SMILES string of the molecule is COc1cc(C(=O)C2CC3COCC(C2)N3Cc2ccccc2)cc(F)c1F. The number of carbonyl (C=O) groups is 1. The van der Waals surface area contributed by atoms with E-state index in [-0.39, 0.29) is 35.1 Å². The van der Waals surface area contributed by atoms with Gasteiger partial charge in [-0.2, -0.15) is 4.39 Å². The highest BCUT2D eigenvalue weighted by molar-refractivity contribution is 5.98. The van der Waals surface area contributed by atoms with Crippen LogP contribution >= 0.6 is 0 Å². The Morgan fingerprint density at radius 1 is 1.14 bits per heavy atom. The summed E-state index contributed by atoms with van der Waals surface area (Å²) >= 11 is 0. The van der Waals surface area contributed by atoms with Crippen molar-refractivity contribution in [1.82, 2.24) is 4.90 Å². The number of halogens is 2. The molecule has 2 aromatic carbocycles. The van der Waals surface area contributed by atoms with Gasteiger partial charge in [-0.25, -0.2) is 4.39 Å². The molecule has 2 aliphatic heterocycles. The summed E-state index contributed by atoms with van der Waals surface area (Å²) in [7, 11) is 1.26. The fourth-order valence-corrected chi connectivity index (χ4v) is 4.35. The number of hydrogen-bond donors (Lipinski definition) is 0. The van der Waals surface area contributed by atoms with Crippen molar-refractivity contribution in [1.29, 1.82) is 0 Å². The molecule has 2 heterocycles. The summed E-state index contributed by atoms with van der Waals surface area (Å²) < 4.78 is 38.1. The van der Waals surface area contributed by atoms with Crippen LogP contribution in [0.4, 0.5) is 8.78 Å². The predicted molar refractivity (Wildman–Crippen MR) is 100 cm³/mol.